The Labute approximate surface area is 182 Å². The molecular formula is C24H31N3O4. The van der Waals surface area contributed by atoms with Crippen molar-refractivity contribution in [3.8, 4) is 0 Å². The Morgan fingerprint density at radius 1 is 1.13 bits per heavy atom. The van der Waals surface area contributed by atoms with Crippen molar-refractivity contribution in [1.82, 2.24) is 9.88 Å². The van der Waals surface area contributed by atoms with Crippen molar-refractivity contribution in [3.05, 3.63) is 30.5 Å². The van der Waals surface area contributed by atoms with E-state index in [1.54, 1.807) is 0 Å². The zero-order chi connectivity index (χ0) is 22.2. The number of hydrogen-bond acceptors (Lipinski definition) is 5. The highest BCUT2D eigenvalue weighted by Gasteiger charge is 2.30. The number of rotatable bonds is 4. The molecule has 2 aliphatic rings. The normalized spacial score (nSPS) is 20.7. The fourth-order valence-corrected chi connectivity index (χ4v) is 4.66. The molecule has 2 fully saturated rings. The van der Waals surface area contributed by atoms with Gasteiger partial charge in [-0.3, -0.25) is 19.7 Å². The predicted octanol–water partition coefficient (Wildman–Crippen LogP) is 3.57. The van der Waals surface area contributed by atoms with E-state index in [4.69, 9.17) is 4.74 Å². The second-order valence-electron chi connectivity index (χ2n) is 9.62. The van der Waals surface area contributed by atoms with Crippen molar-refractivity contribution in [2.45, 2.75) is 64.5 Å². The van der Waals surface area contributed by atoms with Gasteiger partial charge in [-0.15, -0.1) is 0 Å². The first-order chi connectivity index (χ1) is 14.7. The molecule has 2 aromatic rings. The van der Waals surface area contributed by atoms with Crippen LogP contribution in [0.3, 0.4) is 0 Å². The van der Waals surface area contributed by atoms with Crippen LogP contribution in [-0.2, 0) is 19.1 Å². The van der Waals surface area contributed by atoms with Gasteiger partial charge in [0.15, 0.2) is 0 Å². The number of ether oxygens (including phenoxy) is 1. The highest BCUT2D eigenvalue weighted by atomic mass is 16.6. The monoisotopic (exact) mass is 425 g/mol. The number of piperidine rings is 2. The number of imide groups is 1. The molecule has 0 bridgehead atoms. The molecule has 7 heteroatoms. The van der Waals surface area contributed by atoms with Gasteiger partial charge in [-0.2, -0.15) is 0 Å². The van der Waals surface area contributed by atoms with Crippen LogP contribution in [0.4, 0.5) is 5.69 Å². The minimum Gasteiger partial charge on any atom is -0.460 e. The number of nitrogens with one attached hydrogen (secondary N) is 1. The van der Waals surface area contributed by atoms with Crippen molar-refractivity contribution in [1.29, 1.82) is 0 Å². The summed E-state index contributed by atoms with van der Waals surface area (Å²) >= 11 is 0. The minimum atomic E-state index is -0.441. The number of fused-ring (bicyclic) bond motifs is 1. The van der Waals surface area contributed by atoms with Gasteiger partial charge < -0.3 is 14.2 Å². The number of esters is 1. The molecule has 31 heavy (non-hydrogen) atoms. The Morgan fingerprint density at radius 3 is 2.55 bits per heavy atom. The highest BCUT2D eigenvalue weighted by Crippen LogP contribution is 2.34. The van der Waals surface area contributed by atoms with Crippen LogP contribution in [-0.4, -0.2) is 41.0 Å². The van der Waals surface area contributed by atoms with Crippen LogP contribution in [0.15, 0.2) is 30.5 Å². The van der Waals surface area contributed by atoms with Gasteiger partial charge in [0.25, 0.3) is 0 Å². The van der Waals surface area contributed by atoms with Crippen molar-refractivity contribution in [2.75, 3.05) is 18.0 Å². The largest absolute Gasteiger partial charge is 0.460 e. The molecule has 2 aliphatic heterocycles. The number of nitrogens with zero attached hydrogens (tertiary/aromatic N) is 2. The van der Waals surface area contributed by atoms with E-state index in [1.807, 2.05) is 43.7 Å². The summed E-state index contributed by atoms with van der Waals surface area (Å²) in [6.45, 7) is 7.46. The van der Waals surface area contributed by atoms with E-state index in [1.165, 1.54) is 0 Å². The van der Waals surface area contributed by atoms with E-state index in [2.05, 4.69) is 22.3 Å². The molecule has 166 valence electrons. The fourth-order valence-electron chi connectivity index (χ4n) is 4.66. The lowest BCUT2D eigenvalue weighted by atomic mass is 9.93. The maximum Gasteiger partial charge on any atom is 0.306 e. The lowest BCUT2D eigenvalue weighted by molar-refractivity contribution is -0.156. The van der Waals surface area contributed by atoms with Crippen LogP contribution in [0.5, 0.6) is 0 Å². The van der Waals surface area contributed by atoms with Crippen molar-refractivity contribution >= 4 is 34.4 Å². The smallest absolute Gasteiger partial charge is 0.306 e. The minimum absolute atomic E-state index is 0.116. The Kier molecular flexibility index (Phi) is 5.77. The van der Waals surface area contributed by atoms with Crippen LogP contribution in [0.1, 0.15) is 58.9 Å². The zero-order valence-electron chi connectivity index (χ0n) is 18.5. The van der Waals surface area contributed by atoms with E-state index in [0.717, 1.165) is 42.5 Å². The number of carbonyl (C=O) groups is 3. The molecular weight excluding hydrogens is 394 g/mol. The molecule has 0 radical (unpaired) electrons. The Balaban J connectivity index is 1.45. The summed E-state index contributed by atoms with van der Waals surface area (Å²) in [5.74, 6) is -0.206. The summed E-state index contributed by atoms with van der Waals surface area (Å²) in [4.78, 5) is 38.4. The summed E-state index contributed by atoms with van der Waals surface area (Å²) < 4.78 is 7.46. The van der Waals surface area contributed by atoms with Crippen molar-refractivity contribution in [3.63, 3.8) is 0 Å². The summed E-state index contributed by atoms with van der Waals surface area (Å²) in [6, 6.07) is 7.86. The van der Waals surface area contributed by atoms with Gasteiger partial charge in [-0.05, 0) is 64.2 Å². The first-order valence-electron chi connectivity index (χ1n) is 11.1. The summed E-state index contributed by atoms with van der Waals surface area (Å²) in [7, 11) is 0. The van der Waals surface area contributed by atoms with Gasteiger partial charge in [0.05, 0.1) is 5.52 Å². The molecule has 3 heterocycles. The third kappa shape index (κ3) is 4.75. The molecule has 1 N–H and O–H groups in total. The van der Waals surface area contributed by atoms with Gasteiger partial charge in [0.2, 0.25) is 11.8 Å². The van der Waals surface area contributed by atoms with Crippen LogP contribution in [0.25, 0.3) is 10.9 Å². The third-order valence-corrected chi connectivity index (χ3v) is 6.12. The molecule has 7 nitrogen and oxygen atoms in total. The molecule has 0 spiro atoms. The van der Waals surface area contributed by atoms with Crippen LogP contribution < -0.4 is 10.2 Å². The van der Waals surface area contributed by atoms with E-state index >= 15 is 0 Å². The van der Waals surface area contributed by atoms with E-state index < -0.39 is 5.60 Å². The molecule has 2 amide bonds. The predicted molar refractivity (Wildman–Crippen MR) is 119 cm³/mol. The topological polar surface area (TPSA) is 80.6 Å². The van der Waals surface area contributed by atoms with Gasteiger partial charge >= 0.3 is 5.97 Å². The lowest BCUT2D eigenvalue weighted by Gasteiger charge is -2.34. The number of benzene rings is 1. The molecule has 0 aliphatic carbocycles. The van der Waals surface area contributed by atoms with Crippen LogP contribution in [0.2, 0.25) is 0 Å². The lowest BCUT2D eigenvalue weighted by Crippen LogP contribution is -2.41. The van der Waals surface area contributed by atoms with E-state index in [0.29, 0.717) is 25.2 Å². The number of aromatic nitrogens is 1. The average molecular weight is 426 g/mol. The maximum atomic E-state index is 12.3. The van der Waals surface area contributed by atoms with Crippen LogP contribution in [0, 0.1) is 5.92 Å². The van der Waals surface area contributed by atoms with Gasteiger partial charge in [0, 0.05) is 43.2 Å². The van der Waals surface area contributed by atoms with Crippen molar-refractivity contribution < 1.29 is 19.1 Å². The molecule has 0 unspecified atom stereocenters. The van der Waals surface area contributed by atoms with Crippen molar-refractivity contribution in [2.24, 2.45) is 5.92 Å². The number of carbonyl (C=O) groups excluding carboxylic acids is 3. The average Bonchev–Trinajstić information content (AvgIpc) is 3.11. The zero-order valence-corrected chi connectivity index (χ0v) is 18.5. The fraction of sp³-hybridized carbons (Fsp3) is 0.542. The molecule has 4 rings (SSSR count). The first kappa shape index (κ1) is 21.4. The Bertz CT molecular complexity index is 996. The van der Waals surface area contributed by atoms with E-state index in [-0.39, 0.29) is 23.8 Å². The second kappa shape index (κ2) is 8.36. The number of anilines is 1. The number of hydrogen-bond donors (Lipinski definition) is 1. The second-order valence-corrected chi connectivity index (χ2v) is 9.62. The molecule has 2 saturated heterocycles. The third-order valence-electron chi connectivity index (χ3n) is 6.12. The highest BCUT2D eigenvalue weighted by molar-refractivity contribution is 6.01. The summed E-state index contributed by atoms with van der Waals surface area (Å²) in [5.41, 5.74) is 1.71. The van der Waals surface area contributed by atoms with E-state index in [9.17, 15) is 14.4 Å². The SMILES string of the molecule is CC(C)(C)OC(=O)CC1CCN(c2cccc3c2ccn3[C@H]2CCC(=O)NC2=O)CC1. The standard InChI is InChI=1S/C24H31N3O4/c1-24(2,3)31-22(29)15-16-9-12-26(13-10-16)18-5-4-6-19-17(18)11-14-27(19)20-7-8-21(28)25-23(20)30/h4-6,11,14,16,20H,7-10,12-13,15H2,1-3H3,(H,25,28,30)/t20-/m0/s1. The van der Waals surface area contributed by atoms with Gasteiger partial charge in [0.1, 0.15) is 11.6 Å². The quantitative estimate of drug-likeness (QED) is 0.598. The Hall–Kier alpha value is -2.83. The van der Waals surface area contributed by atoms with Gasteiger partial charge in [-0.1, -0.05) is 6.07 Å². The molecule has 1 atom stereocenters. The summed E-state index contributed by atoms with van der Waals surface area (Å²) in [5, 5.41) is 3.56. The van der Waals surface area contributed by atoms with Gasteiger partial charge in [-0.25, -0.2) is 0 Å². The Morgan fingerprint density at radius 2 is 1.87 bits per heavy atom. The summed E-state index contributed by atoms with van der Waals surface area (Å²) in [6.07, 6.45) is 5.20. The van der Waals surface area contributed by atoms with Crippen LogP contribution >= 0.6 is 0 Å². The molecule has 1 aromatic heterocycles. The molecule has 1 aromatic carbocycles. The number of amides is 2. The molecule has 0 saturated carbocycles. The maximum absolute atomic E-state index is 12.3. The first-order valence-corrected chi connectivity index (χ1v) is 11.1.